The Hall–Kier alpha value is -1.80. The summed E-state index contributed by atoms with van der Waals surface area (Å²) >= 11 is 0. The van der Waals surface area contributed by atoms with E-state index in [0.717, 1.165) is 6.42 Å². The lowest BCUT2D eigenvalue weighted by atomic mass is 9.87. The summed E-state index contributed by atoms with van der Waals surface area (Å²) in [5, 5.41) is 2.31. The average Bonchev–Trinajstić information content (AvgIpc) is 2.77. The molecule has 0 aromatic heterocycles. The molecule has 2 unspecified atom stereocenters. The lowest BCUT2D eigenvalue weighted by Gasteiger charge is -2.36. The fourth-order valence-corrected chi connectivity index (χ4v) is 3.08. The first-order valence-corrected chi connectivity index (χ1v) is 6.87. The largest absolute Gasteiger partial charge is 0.298 e. The van der Waals surface area contributed by atoms with Crippen molar-refractivity contribution in [3.05, 3.63) is 66.2 Å². The van der Waals surface area contributed by atoms with Crippen molar-refractivity contribution in [2.24, 2.45) is 0 Å². The van der Waals surface area contributed by atoms with E-state index < -0.39 is 0 Å². The number of rotatable bonds is 2. The van der Waals surface area contributed by atoms with Crippen LogP contribution >= 0.6 is 0 Å². The Balaban J connectivity index is 2.04. The van der Waals surface area contributed by atoms with E-state index in [4.69, 9.17) is 0 Å². The van der Waals surface area contributed by atoms with Crippen LogP contribution in [0.25, 0.3) is 0 Å². The number of hydrazine groups is 1. The summed E-state index contributed by atoms with van der Waals surface area (Å²) in [6.07, 6.45) is 1.10. The molecule has 0 bridgehead atoms. The van der Waals surface area contributed by atoms with Gasteiger partial charge in [0, 0.05) is 6.04 Å². The summed E-state index contributed by atoms with van der Waals surface area (Å²) in [6.45, 7) is 4.55. The average molecular weight is 252 g/mol. The molecule has 19 heavy (non-hydrogen) atoms. The van der Waals surface area contributed by atoms with E-state index in [-0.39, 0.29) is 5.54 Å². The predicted molar refractivity (Wildman–Crippen MR) is 79.9 cm³/mol. The Bertz CT molecular complexity index is 538. The lowest BCUT2D eigenvalue weighted by Crippen LogP contribution is -2.44. The number of hydrogen-bond donors (Lipinski definition) is 1. The molecule has 2 aromatic rings. The molecule has 1 aliphatic heterocycles. The minimum atomic E-state index is 0.00201. The standard InChI is InChI=1S/C17H20N2/c1-14-13-17(2,15-9-5-3-6-10-15)19(18-14)16-11-7-4-8-12-16/h3-12,14,18H,13H2,1-2H3. The Kier molecular flexibility index (Phi) is 3.03. The fourth-order valence-electron chi connectivity index (χ4n) is 3.08. The molecule has 1 aliphatic rings. The fraction of sp³-hybridized carbons (Fsp3) is 0.294. The van der Waals surface area contributed by atoms with Crippen LogP contribution in [-0.2, 0) is 5.54 Å². The SMILES string of the molecule is CC1CC(C)(c2ccccc2)N(c2ccccc2)N1. The molecule has 3 rings (SSSR count). The minimum absolute atomic E-state index is 0.00201. The zero-order valence-electron chi connectivity index (χ0n) is 11.5. The lowest BCUT2D eigenvalue weighted by molar-refractivity contribution is 0.478. The summed E-state index contributed by atoms with van der Waals surface area (Å²) in [5.74, 6) is 0. The summed E-state index contributed by atoms with van der Waals surface area (Å²) in [5.41, 5.74) is 6.17. The van der Waals surface area contributed by atoms with Crippen molar-refractivity contribution in [2.45, 2.75) is 31.8 Å². The van der Waals surface area contributed by atoms with E-state index in [9.17, 15) is 0 Å². The number of nitrogens with one attached hydrogen (secondary N) is 1. The molecule has 0 radical (unpaired) electrons. The first kappa shape index (κ1) is 12.2. The molecule has 0 aliphatic carbocycles. The molecule has 2 nitrogen and oxygen atoms in total. The first-order chi connectivity index (χ1) is 9.20. The smallest absolute Gasteiger partial charge is 0.0799 e. The van der Waals surface area contributed by atoms with Crippen LogP contribution in [0, 0.1) is 0 Å². The molecule has 0 saturated carbocycles. The van der Waals surface area contributed by atoms with Gasteiger partial charge in [-0.2, -0.15) is 0 Å². The van der Waals surface area contributed by atoms with Crippen molar-refractivity contribution < 1.29 is 0 Å². The monoisotopic (exact) mass is 252 g/mol. The number of hydrogen-bond acceptors (Lipinski definition) is 2. The highest BCUT2D eigenvalue weighted by Crippen LogP contribution is 2.39. The molecule has 0 amide bonds. The van der Waals surface area contributed by atoms with Gasteiger partial charge in [-0.1, -0.05) is 48.5 Å². The summed E-state index contributed by atoms with van der Waals surface area (Å²) in [7, 11) is 0. The van der Waals surface area contributed by atoms with Crippen molar-refractivity contribution in [1.29, 1.82) is 0 Å². The van der Waals surface area contributed by atoms with Gasteiger partial charge < -0.3 is 0 Å². The van der Waals surface area contributed by atoms with Gasteiger partial charge >= 0.3 is 0 Å². The van der Waals surface area contributed by atoms with Crippen molar-refractivity contribution >= 4 is 5.69 Å². The molecular formula is C17H20N2. The molecule has 2 aromatic carbocycles. The van der Waals surface area contributed by atoms with Crippen LogP contribution in [0.4, 0.5) is 5.69 Å². The number of nitrogens with zero attached hydrogens (tertiary/aromatic N) is 1. The molecule has 98 valence electrons. The van der Waals surface area contributed by atoms with Gasteiger partial charge in [0.2, 0.25) is 0 Å². The maximum absolute atomic E-state index is 3.59. The van der Waals surface area contributed by atoms with Gasteiger partial charge in [0.1, 0.15) is 0 Å². The quantitative estimate of drug-likeness (QED) is 0.876. The zero-order chi connectivity index (χ0) is 13.3. The normalized spacial score (nSPS) is 26.6. The second-order valence-electron chi connectivity index (χ2n) is 5.55. The third kappa shape index (κ3) is 2.13. The van der Waals surface area contributed by atoms with E-state index in [0.29, 0.717) is 6.04 Å². The van der Waals surface area contributed by atoms with Crippen molar-refractivity contribution in [3.8, 4) is 0 Å². The van der Waals surface area contributed by atoms with Crippen LogP contribution in [0.2, 0.25) is 0 Å². The third-order valence-electron chi connectivity index (χ3n) is 3.96. The van der Waals surface area contributed by atoms with Crippen molar-refractivity contribution in [2.75, 3.05) is 5.01 Å². The molecule has 1 fully saturated rings. The number of anilines is 1. The van der Waals surface area contributed by atoms with Gasteiger partial charge in [-0.05, 0) is 38.0 Å². The molecular weight excluding hydrogens is 232 g/mol. The van der Waals surface area contributed by atoms with Crippen LogP contribution in [-0.4, -0.2) is 6.04 Å². The highest BCUT2D eigenvalue weighted by Gasteiger charge is 2.41. The summed E-state index contributed by atoms with van der Waals surface area (Å²) in [4.78, 5) is 0. The van der Waals surface area contributed by atoms with Crippen molar-refractivity contribution in [3.63, 3.8) is 0 Å². The Labute approximate surface area is 115 Å². The van der Waals surface area contributed by atoms with Gasteiger partial charge in [-0.3, -0.25) is 5.01 Å². The van der Waals surface area contributed by atoms with Gasteiger partial charge in [0.15, 0.2) is 0 Å². The Morgan fingerprint density at radius 3 is 2.21 bits per heavy atom. The van der Waals surface area contributed by atoms with E-state index in [2.05, 4.69) is 84.9 Å². The topological polar surface area (TPSA) is 15.3 Å². The Morgan fingerprint density at radius 2 is 1.58 bits per heavy atom. The van der Waals surface area contributed by atoms with Gasteiger partial charge in [-0.25, -0.2) is 5.43 Å². The van der Waals surface area contributed by atoms with E-state index >= 15 is 0 Å². The highest BCUT2D eigenvalue weighted by atomic mass is 15.6. The summed E-state index contributed by atoms with van der Waals surface area (Å²) in [6, 6.07) is 21.8. The molecule has 0 spiro atoms. The molecule has 1 heterocycles. The van der Waals surface area contributed by atoms with Gasteiger partial charge in [-0.15, -0.1) is 0 Å². The third-order valence-corrected chi connectivity index (χ3v) is 3.96. The van der Waals surface area contributed by atoms with E-state index in [1.165, 1.54) is 11.3 Å². The second kappa shape index (κ2) is 4.71. The van der Waals surface area contributed by atoms with E-state index in [1.54, 1.807) is 0 Å². The first-order valence-electron chi connectivity index (χ1n) is 6.87. The second-order valence-corrected chi connectivity index (χ2v) is 5.55. The maximum Gasteiger partial charge on any atom is 0.0799 e. The number of benzene rings is 2. The predicted octanol–water partition coefficient (Wildman–Crippen LogP) is 3.71. The van der Waals surface area contributed by atoms with Crippen molar-refractivity contribution in [1.82, 2.24) is 5.43 Å². The summed E-state index contributed by atoms with van der Waals surface area (Å²) < 4.78 is 0. The molecule has 1 saturated heterocycles. The molecule has 2 atom stereocenters. The van der Waals surface area contributed by atoms with Gasteiger partial charge in [0.25, 0.3) is 0 Å². The highest BCUT2D eigenvalue weighted by molar-refractivity contribution is 5.51. The van der Waals surface area contributed by atoms with Gasteiger partial charge in [0.05, 0.1) is 11.2 Å². The maximum atomic E-state index is 3.59. The van der Waals surface area contributed by atoms with E-state index in [1.807, 2.05) is 0 Å². The van der Waals surface area contributed by atoms with Crippen LogP contribution in [0.5, 0.6) is 0 Å². The van der Waals surface area contributed by atoms with Crippen LogP contribution in [0.15, 0.2) is 60.7 Å². The van der Waals surface area contributed by atoms with Crippen LogP contribution in [0.1, 0.15) is 25.8 Å². The Morgan fingerprint density at radius 1 is 1.00 bits per heavy atom. The number of para-hydroxylation sites is 1. The molecule has 1 N–H and O–H groups in total. The minimum Gasteiger partial charge on any atom is -0.298 e. The van der Waals surface area contributed by atoms with Crippen LogP contribution in [0.3, 0.4) is 0 Å². The van der Waals surface area contributed by atoms with Crippen LogP contribution < -0.4 is 10.4 Å². The zero-order valence-corrected chi connectivity index (χ0v) is 11.5. The molecule has 2 heteroatoms.